The molecule has 0 saturated heterocycles. The number of benzene rings is 1. The minimum Gasteiger partial charge on any atom is -0.452 e. The van der Waals surface area contributed by atoms with Crippen LogP contribution in [0.15, 0.2) is 24.3 Å². The Kier molecular flexibility index (Phi) is 5.83. The Bertz CT molecular complexity index is 542. The second kappa shape index (κ2) is 7.37. The molecule has 7 heteroatoms. The van der Waals surface area contributed by atoms with E-state index in [9.17, 15) is 19.7 Å². The summed E-state index contributed by atoms with van der Waals surface area (Å²) < 4.78 is 4.81. The molecule has 114 valence electrons. The molecule has 1 atom stereocenters. The molecule has 0 saturated carbocycles. The van der Waals surface area contributed by atoms with Crippen LogP contribution in [-0.2, 0) is 9.53 Å². The van der Waals surface area contributed by atoms with E-state index >= 15 is 0 Å². The molecule has 0 heterocycles. The average Bonchev–Trinajstić information content (AvgIpc) is 2.44. The van der Waals surface area contributed by atoms with Gasteiger partial charge in [-0.1, -0.05) is 26.0 Å². The van der Waals surface area contributed by atoms with Crippen molar-refractivity contribution in [3.8, 4) is 0 Å². The number of nitrogens with zero attached hydrogens (tertiary/aromatic N) is 1. The summed E-state index contributed by atoms with van der Waals surface area (Å²) in [5, 5.41) is 13.5. The molecule has 0 spiro atoms. The van der Waals surface area contributed by atoms with Gasteiger partial charge in [-0.05, 0) is 18.9 Å². The lowest BCUT2D eigenvalue weighted by Gasteiger charge is -2.17. The van der Waals surface area contributed by atoms with Crippen molar-refractivity contribution in [2.24, 2.45) is 5.92 Å². The van der Waals surface area contributed by atoms with Crippen LogP contribution in [0.5, 0.6) is 0 Å². The first kappa shape index (κ1) is 16.6. The first-order chi connectivity index (χ1) is 9.82. The lowest BCUT2D eigenvalue weighted by molar-refractivity contribution is -0.385. The Morgan fingerprint density at radius 3 is 2.48 bits per heavy atom. The van der Waals surface area contributed by atoms with Gasteiger partial charge in [0.2, 0.25) is 0 Å². The number of hydrogen-bond donors (Lipinski definition) is 1. The second-order valence-electron chi connectivity index (χ2n) is 4.95. The number of carbonyl (C=O) groups excluding carboxylic acids is 2. The van der Waals surface area contributed by atoms with Crippen molar-refractivity contribution in [3.05, 3.63) is 39.9 Å². The lowest BCUT2D eigenvalue weighted by atomic mass is 10.1. The Hall–Kier alpha value is -2.44. The van der Waals surface area contributed by atoms with Crippen LogP contribution in [0.4, 0.5) is 5.69 Å². The summed E-state index contributed by atoms with van der Waals surface area (Å²) in [6.45, 7) is 5.27. The van der Waals surface area contributed by atoms with Crippen molar-refractivity contribution in [2.45, 2.75) is 26.8 Å². The zero-order valence-corrected chi connectivity index (χ0v) is 12.2. The molecule has 0 aliphatic carbocycles. The molecule has 21 heavy (non-hydrogen) atoms. The highest BCUT2D eigenvalue weighted by molar-refractivity contribution is 5.95. The van der Waals surface area contributed by atoms with E-state index in [1.165, 1.54) is 24.3 Å². The number of para-hydroxylation sites is 1. The Morgan fingerprint density at radius 1 is 1.29 bits per heavy atom. The van der Waals surface area contributed by atoms with Gasteiger partial charge in [-0.3, -0.25) is 14.9 Å². The van der Waals surface area contributed by atoms with Gasteiger partial charge in [-0.2, -0.15) is 0 Å². The number of nitro benzene ring substituents is 1. The van der Waals surface area contributed by atoms with Crippen LogP contribution < -0.4 is 5.32 Å². The third-order valence-electron chi connectivity index (χ3n) is 3.04. The van der Waals surface area contributed by atoms with Crippen molar-refractivity contribution < 1.29 is 19.2 Å². The standard InChI is InChI=1S/C14H18N2O5/c1-9(2)10(3)15-13(17)8-21-14(18)11-6-4-5-7-12(11)16(19)20/h4-7,9-10H,8H2,1-3H3,(H,15,17)/t10-/m0/s1. The van der Waals surface area contributed by atoms with Crippen LogP contribution in [-0.4, -0.2) is 29.4 Å². The van der Waals surface area contributed by atoms with Gasteiger partial charge in [0.1, 0.15) is 5.56 Å². The molecule has 1 rings (SSSR count). The zero-order valence-electron chi connectivity index (χ0n) is 12.2. The summed E-state index contributed by atoms with van der Waals surface area (Å²) >= 11 is 0. The van der Waals surface area contributed by atoms with E-state index < -0.39 is 23.4 Å². The normalized spacial score (nSPS) is 11.8. The maximum atomic E-state index is 11.8. The maximum Gasteiger partial charge on any atom is 0.345 e. The third kappa shape index (κ3) is 4.87. The van der Waals surface area contributed by atoms with Crippen LogP contribution in [0.1, 0.15) is 31.1 Å². The van der Waals surface area contributed by atoms with Crippen LogP contribution in [0.25, 0.3) is 0 Å². The van der Waals surface area contributed by atoms with Crippen LogP contribution in [0.3, 0.4) is 0 Å². The van der Waals surface area contributed by atoms with Gasteiger partial charge in [-0.15, -0.1) is 0 Å². The number of esters is 1. The zero-order chi connectivity index (χ0) is 16.0. The number of rotatable bonds is 6. The number of ether oxygens (including phenoxy) is 1. The van der Waals surface area contributed by atoms with Gasteiger partial charge < -0.3 is 10.1 Å². The summed E-state index contributed by atoms with van der Waals surface area (Å²) in [7, 11) is 0. The van der Waals surface area contributed by atoms with Gasteiger partial charge >= 0.3 is 5.97 Å². The number of nitrogens with one attached hydrogen (secondary N) is 1. The Labute approximate surface area is 122 Å². The predicted molar refractivity (Wildman–Crippen MR) is 75.8 cm³/mol. The molecule has 0 unspecified atom stereocenters. The number of nitro groups is 1. The van der Waals surface area contributed by atoms with E-state index in [2.05, 4.69) is 5.32 Å². The number of amides is 1. The molecule has 1 aromatic rings. The Morgan fingerprint density at radius 2 is 1.90 bits per heavy atom. The van der Waals surface area contributed by atoms with Crippen molar-refractivity contribution >= 4 is 17.6 Å². The summed E-state index contributed by atoms with van der Waals surface area (Å²) in [6.07, 6.45) is 0. The summed E-state index contributed by atoms with van der Waals surface area (Å²) in [6, 6.07) is 5.38. The first-order valence-corrected chi connectivity index (χ1v) is 6.52. The average molecular weight is 294 g/mol. The monoisotopic (exact) mass is 294 g/mol. The van der Waals surface area contributed by atoms with Crippen LogP contribution >= 0.6 is 0 Å². The van der Waals surface area contributed by atoms with Gasteiger partial charge in [0.05, 0.1) is 4.92 Å². The highest BCUT2D eigenvalue weighted by atomic mass is 16.6. The Balaban J connectivity index is 2.63. The minimum atomic E-state index is -0.894. The highest BCUT2D eigenvalue weighted by Gasteiger charge is 2.21. The van der Waals surface area contributed by atoms with Crippen LogP contribution in [0, 0.1) is 16.0 Å². The number of carbonyl (C=O) groups is 2. The van der Waals surface area contributed by atoms with Crippen molar-refractivity contribution in [1.29, 1.82) is 0 Å². The summed E-state index contributed by atoms with van der Waals surface area (Å²) in [5.41, 5.74) is -0.523. The molecule has 0 aliphatic heterocycles. The van der Waals surface area contributed by atoms with Gasteiger partial charge in [0.15, 0.2) is 6.61 Å². The van der Waals surface area contributed by atoms with E-state index in [1.54, 1.807) is 0 Å². The molecule has 1 aromatic carbocycles. The minimum absolute atomic E-state index is 0.0535. The largest absolute Gasteiger partial charge is 0.452 e. The SMILES string of the molecule is CC(C)[C@H](C)NC(=O)COC(=O)c1ccccc1[N+](=O)[O-]. The van der Waals surface area contributed by atoms with Crippen molar-refractivity contribution in [2.75, 3.05) is 6.61 Å². The fraction of sp³-hybridized carbons (Fsp3) is 0.429. The second-order valence-corrected chi connectivity index (χ2v) is 4.95. The summed E-state index contributed by atoms with van der Waals surface area (Å²) in [5.74, 6) is -1.09. The smallest absolute Gasteiger partial charge is 0.345 e. The fourth-order valence-corrected chi connectivity index (χ4v) is 1.48. The van der Waals surface area contributed by atoms with Gasteiger partial charge in [0.25, 0.3) is 11.6 Å². The molecule has 0 aromatic heterocycles. The first-order valence-electron chi connectivity index (χ1n) is 6.52. The molecule has 0 aliphatic rings. The highest BCUT2D eigenvalue weighted by Crippen LogP contribution is 2.18. The molecular formula is C14H18N2O5. The molecule has 1 N–H and O–H groups in total. The third-order valence-corrected chi connectivity index (χ3v) is 3.04. The maximum absolute atomic E-state index is 11.8. The van der Waals surface area contributed by atoms with E-state index in [-0.39, 0.29) is 23.2 Å². The van der Waals surface area contributed by atoms with E-state index in [1.807, 2.05) is 20.8 Å². The van der Waals surface area contributed by atoms with E-state index in [4.69, 9.17) is 4.74 Å². The lowest BCUT2D eigenvalue weighted by Crippen LogP contribution is -2.38. The van der Waals surface area contributed by atoms with E-state index in [0.717, 1.165) is 0 Å². The van der Waals surface area contributed by atoms with E-state index in [0.29, 0.717) is 0 Å². The van der Waals surface area contributed by atoms with Gasteiger partial charge in [-0.25, -0.2) is 4.79 Å². The molecule has 0 bridgehead atoms. The molecule has 1 amide bonds. The quantitative estimate of drug-likeness (QED) is 0.491. The topological polar surface area (TPSA) is 98.5 Å². The van der Waals surface area contributed by atoms with Crippen molar-refractivity contribution in [3.63, 3.8) is 0 Å². The molecule has 7 nitrogen and oxygen atoms in total. The van der Waals surface area contributed by atoms with Gasteiger partial charge in [0, 0.05) is 12.1 Å². The molecular weight excluding hydrogens is 276 g/mol. The fourth-order valence-electron chi connectivity index (χ4n) is 1.48. The predicted octanol–water partition coefficient (Wildman–Crippen LogP) is 1.91. The molecule has 0 radical (unpaired) electrons. The van der Waals surface area contributed by atoms with Crippen LogP contribution in [0.2, 0.25) is 0 Å². The molecule has 0 fully saturated rings. The van der Waals surface area contributed by atoms with Crippen molar-refractivity contribution in [1.82, 2.24) is 5.32 Å². The number of hydrogen-bond acceptors (Lipinski definition) is 5. The summed E-state index contributed by atoms with van der Waals surface area (Å²) in [4.78, 5) is 33.5.